The molecule has 0 bridgehead atoms. The lowest BCUT2D eigenvalue weighted by Gasteiger charge is -2.14. The predicted octanol–water partition coefficient (Wildman–Crippen LogP) is 3.37. The lowest BCUT2D eigenvalue weighted by molar-refractivity contribution is 0.291. The van der Waals surface area contributed by atoms with Crippen LogP contribution in [-0.4, -0.2) is 6.61 Å². The molecule has 0 saturated carbocycles. The maximum atomic E-state index is 5.61. The van der Waals surface area contributed by atoms with Crippen LogP contribution < -0.4 is 4.74 Å². The van der Waals surface area contributed by atoms with Crippen LogP contribution in [0.4, 0.5) is 0 Å². The van der Waals surface area contributed by atoms with E-state index in [0.29, 0.717) is 0 Å². The molecule has 0 unspecified atom stereocenters. The van der Waals surface area contributed by atoms with Crippen molar-refractivity contribution in [3.63, 3.8) is 0 Å². The number of fused-ring (bicyclic) bond motifs is 1. The fourth-order valence-electron chi connectivity index (χ4n) is 1.49. The Labute approximate surface area is 83.7 Å². The first kappa shape index (κ1) is 9.07. The van der Waals surface area contributed by atoms with Crippen LogP contribution in [0.15, 0.2) is 6.07 Å². The van der Waals surface area contributed by atoms with E-state index < -0.39 is 0 Å². The van der Waals surface area contributed by atoms with E-state index in [1.54, 1.807) is 0 Å². The Hall–Kier alpha value is -0.500. The van der Waals surface area contributed by atoms with Crippen LogP contribution in [0.5, 0.6) is 5.75 Å². The van der Waals surface area contributed by atoms with Gasteiger partial charge < -0.3 is 4.74 Å². The van der Waals surface area contributed by atoms with Crippen molar-refractivity contribution in [2.75, 3.05) is 6.61 Å². The highest BCUT2D eigenvalue weighted by Gasteiger charge is 2.21. The third-order valence-corrected chi connectivity index (χ3v) is 3.92. The van der Waals surface area contributed by atoms with Crippen molar-refractivity contribution in [1.29, 1.82) is 0 Å². The molecule has 1 aliphatic rings. The van der Waals surface area contributed by atoms with Crippen LogP contribution in [-0.2, 0) is 11.8 Å². The molecule has 0 fully saturated rings. The molecular formula is C11H16OS. The molecule has 0 saturated heterocycles. The topological polar surface area (TPSA) is 9.23 Å². The van der Waals surface area contributed by atoms with Gasteiger partial charge in [-0.05, 0) is 24.3 Å². The fraction of sp³-hybridized carbons (Fsp3) is 0.636. The van der Waals surface area contributed by atoms with E-state index in [0.717, 1.165) is 12.4 Å². The lowest BCUT2D eigenvalue weighted by Crippen LogP contribution is -2.08. The third kappa shape index (κ3) is 1.73. The summed E-state index contributed by atoms with van der Waals surface area (Å²) < 4.78 is 5.61. The molecule has 2 rings (SSSR count). The minimum Gasteiger partial charge on any atom is -0.492 e. The van der Waals surface area contributed by atoms with E-state index in [1.807, 2.05) is 11.3 Å². The van der Waals surface area contributed by atoms with Gasteiger partial charge in [0.2, 0.25) is 0 Å². The van der Waals surface area contributed by atoms with Crippen molar-refractivity contribution in [3.05, 3.63) is 15.8 Å². The van der Waals surface area contributed by atoms with Crippen LogP contribution in [0.1, 0.15) is 36.9 Å². The molecular weight excluding hydrogens is 180 g/mol. The van der Waals surface area contributed by atoms with Crippen molar-refractivity contribution in [3.8, 4) is 5.75 Å². The first-order valence-electron chi connectivity index (χ1n) is 4.83. The summed E-state index contributed by atoms with van der Waals surface area (Å²) in [6, 6.07) is 2.22. The minimum absolute atomic E-state index is 0.269. The van der Waals surface area contributed by atoms with Gasteiger partial charge in [-0.15, -0.1) is 11.3 Å². The zero-order valence-corrected chi connectivity index (χ0v) is 9.33. The zero-order chi connectivity index (χ0) is 9.47. The SMILES string of the molecule is CC(C)(C)c1cc2c(s1)CCCO2. The Balaban J connectivity index is 2.36. The molecule has 0 radical (unpaired) electrons. The smallest absolute Gasteiger partial charge is 0.133 e. The summed E-state index contributed by atoms with van der Waals surface area (Å²) in [6.45, 7) is 7.66. The number of hydrogen-bond donors (Lipinski definition) is 0. The molecule has 0 aliphatic carbocycles. The van der Waals surface area contributed by atoms with E-state index in [1.165, 1.54) is 22.6 Å². The van der Waals surface area contributed by atoms with Gasteiger partial charge in [0.05, 0.1) is 6.61 Å². The van der Waals surface area contributed by atoms with Gasteiger partial charge in [-0.2, -0.15) is 0 Å². The van der Waals surface area contributed by atoms with E-state index >= 15 is 0 Å². The first-order chi connectivity index (χ1) is 6.07. The van der Waals surface area contributed by atoms with Crippen molar-refractivity contribution in [2.24, 2.45) is 0 Å². The Morgan fingerprint density at radius 2 is 2.15 bits per heavy atom. The number of thiophene rings is 1. The van der Waals surface area contributed by atoms with Crippen molar-refractivity contribution >= 4 is 11.3 Å². The molecule has 0 atom stereocenters. The third-order valence-electron chi connectivity index (χ3n) is 2.32. The van der Waals surface area contributed by atoms with E-state index in [4.69, 9.17) is 4.74 Å². The molecule has 72 valence electrons. The molecule has 1 aliphatic heterocycles. The second-order valence-electron chi connectivity index (χ2n) is 4.60. The van der Waals surface area contributed by atoms with Crippen LogP contribution in [0.2, 0.25) is 0 Å². The van der Waals surface area contributed by atoms with E-state index in [9.17, 15) is 0 Å². The van der Waals surface area contributed by atoms with Crippen LogP contribution in [0.3, 0.4) is 0 Å². The average Bonchev–Trinajstić information content (AvgIpc) is 2.45. The summed E-state index contributed by atoms with van der Waals surface area (Å²) in [5.74, 6) is 1.14. The van der Waals surface area contributed by atoms with Crippen molar-refractivity contribution in [2.45, 2.75) is 39.0 Å². The second-order valence-corrected chi connectivity index (χ2v) is 5.74. The van der Waals surface area contributed by atoms with Gasteiger partial charge >= 0.3 is 0 Å². The Bertz CT molecular complexity index is 283. The molecule has 2 heteroatoms. The maximum absolute atomic E-state index is 5.61. The van der Waals surface area contributed by atoms with Gasteiger partial charge in [0.25, 0.3) is 0 Å². The largest absolute Gasteiger partial charge is 0.492 e. The normalized spacial score (nSPS) is 16.5. The highest BCUT2D eigenvalue weighted by Crippen LogP contribution is 2.38. The number of aryl methyl sites for hydroxylation is 1. The van der Waals surface area contributed by atoms with Crippen LogP contribution >= 0.6 is 11.3 Å². The summed E-state index contributed by atoms with van der Waals surface area (Å²) in [7, 11) is 0. The molecule has 1 nitrogen and oxygen atoms in total. The molecule has 2 heterocycles. The van der Waals surface area contributed by atoms with Gasteiger partial charge in [-0.3, -0.25) is 0 Å². The van der Waals surface area contributed by atoms with Gasteiger partial charge in [-0.1, -0.05) is 20.8 Å². The first-order valence-corrected chi connectivity index (χ1v) is 5.65. The van der Waals surface area contributed by atoms with Gasteiger partial charge in [0, 0.05) is 9.75 Å². The van der Waals surface area contributed by atoms with Crippen molar-refractivity contribution in [1.82, 2.24) is 0 Å². The zero-order valence-electron chi connectivity index (χ0n) is 8.52. The Kier molecular flexibility index (Phi) is 2.11. The Morgan fingerprint density at radius 3 is 2.77 bits per heavy atom. The molecule has 0 aromatic carbocycles. The summed E-state index contributed by atoms with van der Waals surface area (Å²) >= 11 is 1.92. The summed E-state index contributed by atoms with van der Waals surface area (Å²) in [6.07, 6.45) is 2.38. The number of rotatable bonds is 0. The standard InChI is InChI=1S/C11H16OS/c1-11(2,3)10-7-8-9(13-10)5-4-6-12-8/h7H,4-6H2,1-3H3. The molecule has 13 heavy (non-hydrogen) atoms. The van der Waals surface area contributed by atoms with E-state index in [-0.39, 0.29) is 5.41 Å². The van der Waals surface area contributed by atoms with Crippen LogP contribution in [0.25, 0.3) is 0 Å². The predicted molar refractivity (Wildman–Crippen MR) is 56.8 cm³/mol. The maximum Gasteiger partial charge on any atom is 0.133 e. The van der Waals surface area contributed by atoms with Gasteiger partial charge in [0.15, 0.2) is 0 Å². The highest BCUT2D eigenvalue weighted by atomic mass is 32.1. The highest BCUT2D eigenvalue weighted by molar-refractivity contribution is 7.12. The minimum atomic E-state index is 0.269. The molecule has 0 N–H and O–H groups in total. The Morgan fingerprint density at radius 1 is 1.38 bits per heavy atom. The van der Waals surface area contributed by atoms with E-state index in [2.05, 4.69) is 26.8 Å². The van der Waals surface area contributed by atoms with Crippen LogP contribution in [0, 0.1) is 0 Å². The molecule has 0 amide bonds. The quantitative estimate of drug-likeness (QED) is 0.618. The molecule has 1 aromatic rings. The van der Waals surface area contributed by atoms with Crippen molar-refractivity contribution < 1.29 is 4.74 Å². The number of ether oxygens (including phenoxy) is 1. The van der Waals surface area contributed by atoms with Gasteiger partial charge in [-0.25, -0.2) is 0 Å². The summed E-state index contributed by atoms with van der Waals surface area (Å²) in [5.41, 5.74) is 0.269. The van der Waals surface area contributed by atoms with Gasteiger partial charge in [0.1, 0.15) is 5.75 Å². The average molecular weight is 196 g/mol. The number of hydrogen-bond acceptors (Lipinski definition) is 2. The molecule has 0 spiro atoms. The molecule has 1 aromatic heterocycles. The second kappa shape index (κ2) is 3.02. The lowest BCUT2D eigenvalue weighted by atomic mass is 9.95. The summed E-state index contributed by atoms with van der Waals surface area (Å²) in [4.78, 5) is 2.88. The summed E-state index contributed by atoms with van der Waals surface area (Å²) in [5, 5.41) is 0. The monoisotopic (exact) mass is 196 g/mol. The fourth-order valence-corrected chi connectivity index (χ4v) is 2.70.